The lowest BCUT2D eigenvalue weighted by molar-refractivity contribution is -0.114. The van der Waals surface area contributed by atoms with Gasteiger partial charge in [0.25, 0.3) is 10.0 Å². The fourth-order valence-electron chi connectivity index (χ4n) is 4.26. The molecule has 1 aliphatic heterocycles. The maximum absolute atomic E-state index is 13.5. The van der Waals surface area contributed by atoms with Crippen molar-refractivity contribution in [2.24, 2.45) is 0 Å². The molecule has 1 fully saturated rings. The molecule has 202 valence electrons. The third-order valence-electron chi connectivity index (χ3n) is 6.32. The Morgan fingerprint density at radius 3 is 1.97 bits per heavy atom. The van der Waals surface area contributed by atoms with Crippen LogP contribution in [0.2, 0.25) is 0 Å². The van der Waals surface area contributed by atoms with Gasteiger partial charge in [0.1, 0.15) is 12.3 Å². The monoisotopic (exact) mass is 557 g/mol. The van der Waals surface area contributed by atoms with Crippen LogP contribution in [0.15, 0.2) is 88.7 Å². The Bertz CT molecular complexity index is 1430. The van der Waals surface area contributed by atoms with Gasteiger partial charge in [-0.15, -0.1) is 0 Å². The van der Waals surface area contributed by atoms with Crippen molar-refractivity contribution in [2.45, 2.75) is 35.5 Å². The minimum atomic E-state index is -4.08. The van der Waals surface area contributed by atoms with Crippen LogP contribution >= 0.6 is 0 Å². The molecule has 0 aliphatic carbocycles. The average molecular weight is 558 g/mol. The number of anilines is 2. The minimum Gasteiger partial charge on any atom is -0.497 e. The molecule has 38 heavy (non-hydrogen) atoms. The number of nitrogens with zero attached hydrogens (tertiary/aromatic N) is 2. The summed E-state index contributed by atoms with van der Waals surface area (Å²) in [6.45, 7) is 0.518. The number of methoxy groups -OCH3 is 1. The first-order valence-corrected chi connectivity index (χ1v) is 15.2. The van der Waals surface area contributed by atoms with Crippen LogP contribution in [0.25, 0.3) is 0 Å². The van der Waals surface area contributed by atoms with Crippen LogP contribution in [0.5, 0.6) is 5.75 Å². The normalized spacial score (nSPS) is 14.9. The number of carbonyl (C=O) groups is 1. The summed E-state index contributed by atoms with van der Waals surface area (Å²) in [5.41, 5.74) is 0.692. The van der Waals surface area contributed by atoms with Gasteiger partial charge in [-0.25, -0.2) is 16.8 Å². The third kappa shape index (κ3) is 6.35. The molecule has 1 aliphatic rings. The summed E-state index contributed by atoms with van der Waals surface area (Å²) < 4.78 is 60.7. The largest absolute Gasteiger partial charge is 0.497 e. The molecule has 0 radical (unpaired) electrons. The summed E-state index contributed by atoms with van der Waals surface area (Å²) in [6.07, 6.45) is 3.71. The molecule has 0 saturated carbocycles. The quantitative estimate of drug-likeness (QED) is 0.424. The van der Waals surface area contributed by atoms with Gasteiger partial charge in [0.05, 0.1) is 22.6 Å². The topological polar surface area (TPSA) is 113 Å². The van der Waals surface area contributed by atoms with Gasteiger partial charge >= 0.3 is 0 Å². The summed E-state index contributed by atoms with van der Waals surface area (Å²) in [4.78, 5) is 13.1. The Balaban J connectivity index is 1.51. The molecule has 0 spiro atoms. The van der Waals surface area contributed by atoms with E-state index < -0.39 is 32.5 Å². The Labute approximate surface area is 224 Å². The first-order valence-electron chi connectivity index (χ1n) is 12.3. The highest BCUT2D eigenvalue weighted by atomic mass is 32.2. The van der Waals surface area contributed by atoms with Crippen LogP contribution in [0.3, 0.4) is 0 Å². The number of hydrogen-bond acceptors (Lipinski definition) is 6. The molecule has 0 atom stereocenters. The maximum atomic E-state index is 13.5. The predicted octanol–water partition coefficient (Wildman–Crippen LogP) is 4.09. The zero-order valence-electron chi connectivity index (χ0n) is 21.1. The molecule has 1 saturated heterocycles. The van der Waals surface area contributed by atoms with E-state index in [1.165, 1.54) is 59.9 Å². The lowest BCUT2D eigenvalue weighted by Crippen LogP contribution is -2.38. The number of carbonyl (C=O) groups excluding carboxylic acids is 1. The molecule has 11 heteroatoms. The number of ether oxygens (including phenoxy) is 1. The molecule has 1 heterocycles. The highest BCUT2D eigenvalue weighted by Gasteiger charge is 2.28. The first-order chi connectivity index (χ1) is 18.2. The standard InChI is InChI=1S/C27H31N3O6S2/c1-36-24-13-17-26(18-14-24)38(34,35)30(23-9-5-4-6-10-23)21-27(31)28-22-11-15-25(16-12-22)37(32,33)29-19-7-2-3-8-20-29/h4-6,9-18H,2-3,7-8,19-21H2,1H3,(H,28,31). The van der Waals surface area contributed by atoms with E-state index in [0.29, 0.717) is 30.2 Å². The zero-order chi connectivity index (χ0) is 27.2. The lowest BCUT2D eigenvalue weighted by atomic mass is 10.2. The number of benzene rings is 3. The molecule has 0 aromatic heterocycles. The summed E-state index contributed by atoms with van der Waals surface area (Å²) in [6, 6.07) is 20.2. The molecule has 3 aromatic carbocycles. The van der Waals surface area contributed by atoms with Gasteiger partial charge in [-0.1, -0.05) is 31.0 Å². The summed E-state index contributed by atoms with van der Waals surface area (Å²) in [7, 11) is -6.21. The Morgan fingerprint density at radius 1 is 0.816 bits per heavy atom. The Kier molecular flexibility index (Phi) is 8.70. The van der Waals surface area contributed by atoms with Crippen LogP contribution in [0.4, 0.5) is 11.4 Å². The molecule has 1 N–H and O–H groups in total. The summed E-state index contributed by atoms with van der Waals surface area (Å²) in [5.74, 6) is -0.0664. The number of para-hydroxylation sites is 1. The number of hydrogen-bond donors (Lipinski definition) is 1. The molecule has 9 nitrogen and oxygen atoms in total. The van der Waals surface area contributed by atoms with Gasteiger partial charge in [0.15, 0.2) is 0 Å². The van der Waals surface area contributed by atoms with E-state index in [9.17, 15) is 21.6 Å². The van der Waals surface area contributed by atoms with Gasteiger partial charge in [0.2, 0.25) is 15.9 Å². The zero-order valence-corrected chi connectivity index (χ0v) is 22.7. The van der Waals surface area contributed by atoms with Crippen molar-refractivity contribution >= 4 is 37.3 Å². The van der Waals surface area contributed by atoms with Gasteiger partial charge in [0, 0.05) is 18.8 Å². The fourth-order valence-corrected chi connectivity index (χ4v) is 7.19. The van der Waals surface area contributed by atoms with Crippen molar-refractivity contribution in [3.8, 4) is 5.75 Å². The van der Waals surface area contributed by atoms with Crippen molar-refractivity contribution in [1.29, 1.82) is 0 Å². The van der Waals surface area contributed by atoms with Gasteiger partial charge in [-0.2, -0.15) is 4.31 Å². The van der Waals surface area contributed by atoms with E-state index in [4.69, 9.17) is 4.74 Å². The van der Waals surface area contributed by atoms with Gasteiger partial charge in [-0.3, -0.25) is 9.10 Å². The van der Waals surface area contributed by atoms with Crippen molar-refractivity contribution in [3.05, 3.63) is 78.9 Å². The number of rotatable bonds is 9. The summed E-state index contributed by atoms with van der Waals surface area (Å²) >= 11 is 0. The highest BCUT2D eigenvalue weighted by Crippen LogP contribution is 2.26. The Morgan fingerprint density at radius 2 is 1.39 bits per heavy atom. The molecule has 3 aromatic rings. The second-order valence-corrected chi connectivity index (χ2v) is 12.7. The molecule has 0 bridgehead atoms. The van der Waals surface area contributed by atoms with E-state index in [-0.39, 0.29) is 9.79 Å². The minimum absolute atomic E-state index is 0.0121. The molecule has 1 amide bonds. The van der Waals surface area contributed by atoms with Crippen LogP contribution in [-0.2, 0) is 24.8 Å². The van der Waals surface area contributed by atoms with E-state index in [1.807, 2.05) is 0 Å². The van der Waals surface area contributed by atoms with E-state index in [1.54, 1.807) is 30.3 Å². The maximum Gasteiger partial charge on any atom is 0.264 e. The predicted molar refractivity (Wildman–Crippen MR) is 146 cm³/mol. The molecule has 0 unspecified atom stereocenters. The van der Waals surface area contributed by atoms with E-state index in [0.717, 1.165) is 30.0 Å². The molecular formula is C27H31N3O6S2. The van der Waals surface area contributed by atoms with E-state index in [2.05, 4.69) is 5.32 Å². The number of sulfonamides is 2. The molecular weight excluding hydrogens is 526 g/mol. The second kappa shape index (κ2) is 12.0. The van der Waals surface area contributed by atoms with Crippen molar-refractivity contribution in [1.82, 2.24) is 4.31 Å². The first kappa shape index (κ1) is 27.6. The highest BCUT2D eigenvalue weighted by molar-refractivity contribution is 7.92. The van der Waals surface area contributed by atoms with Crippen LogP contribution in [0.1, 0.15) is 25.7 Å². The van der Waals surface area contributed by atoms with Gasteiger partial charge in [-0.05, 0) is 73.5 Å². The van der Waals surface area contributed by atoms with Gasteiger partial charge < -0.3 is 10.1 Å². The fraction of sp³-hybridized carbons (Fsp3) is 0.296. The number of nitrogens with one attached hydrogen (secondary N) is 1. The van der Waals surface area contributed by atoms with Crippen molar-refractivity contribution < 1.29 is 26.4 Å². The van der Waals surface area contributed by atoms with Crippen LogP contribution < -0.4 is 14.4 Å². The van der Waals surface area contributed by atoms with Crippen LogP contribution in [-0.4, -0.2) is 53.8 Å². The van der Waals surface area contributed by atoms with Crippen LogP contribution in [0, 0.1) is 0 Å². The Hall–Kier alpha value is -3.41. The number of amides is 1. The average Bonchev–Trinajstić information content (AvgIpc) is 3.23. The second-order valence-electron chi connectivity index (χ2n) is 8.91. The SMILES string of the molecule is COc1ccc(S(=O)(=O)N(CC(=O)Nc2ccc(S(=O)(=O)N3CCCCCC3)cc2)c2ccccc2)cc1. The van der Waals surface area contributed by atoms with Crippen molar-refractivity contribution in [2.75, 3.05) is 36.4 Å². The van der Waals surface area contributed by atoms with E-state index >= 15 is 0 Å². The summed E-state index contributed by atoms with van der Waals surface area (Å²) in [5, 5.41) is 2.68. The third-order valence-corrected chi connectivity index (χ3v) is 10.0. The lowest BCUT2D eigenvalue weighted by Gasteiger charge is -2.24. The molecule has 4 rings (SSSR count). The van der Waals surface area contributed by atoms with Crippen molar-refractivity contribution in [3.63, 3.8) is 0 Å². The smallest absolute Gasteiger partial charge is 0.264 e.